The molecule has 64 valence electrons. The molecule has 1 heterocycles. The van der Waals surface area contributed by atoms with Crippen LogP contribution in [0.25, 0.3) is 0 Å². The lowest BCUT2D eigenvalue weighted by Crippen LogP contribution is -2.17. The monoisotopic (exact) mass is 193 g/mol. The summed E-state index contributed by atoms with van der Waals surface area (Å²) in [6.45, 7) is 0. The Kier molecular flexibility index (Phi) is 2.43. The van der Waals surface area contributed by atoms with Gasteiger partial charge in [-0.25, -0.2) is 0 Å². The fourth-order valence-electron chi connectivity index (χ4n) is 0.689. The van der Waals surface area contributed by atoms with Gasteiger partial charge < -0.3 is 0 Å². The van der Waals surface area contributed by atoms with Crippen LogP contribution >= 0.6 is 8.46 Å². The van der Waals surface area contributed by atoms with Gasteiger partial charge in [0, 0.05) is 6.20 Å². The fourth-order valence-corrected chi connectivity index (χ4v) is 1.11. The Morgan fingerprint density at radius 2 is 2.08 bits per heavy atom. The van der Waals surface area contributed by atoms with Crippen LogP contribution in [0.5, 0.6) is 0 Å². The Hall–Kier alpha value is -0.960. The summed E-state index contributed by atoms with van der Waals surface area (Å²) in [5, 5.41) is -0.343. The third-order valence-electron chi connectivity index (χ3n) is 1.15. The third-order valence-corrected chi connectivity index (χ3v) is 1.71. The number of hydrogen-bond donors (Lipinski definition) is 0. The number of nitrogens with zero attached hydrogens (tertiary/aromatic N) is 1. The molecule has 0 bridgehead atoms. The summed E-state index contributed by atoms with van der Waals surface area (Å²) < 4.78 is 46.3. The summed E-state index contributed by atoms with van der Waals surface area (Å²) in [7, 11) is -0.670. The van der Waals surface area contributed by atoms with Crippen LogP contribution in [-0.2, 0) is 10.7 Å². The first-order valence-electron chi connectivity index (χ1n) is 2.91. The lowest BCUT2D eigenvalue weighted by Gasteiger charge is -2.05. The molecular formula is C6H3F3NOP. The van der Waals surface area contributed by atoms with Crippen molar-refractivity contribution in [3.8, 4) is 0 Å². The zero-order valence-corrected chi connectivity index (χ0v) is 6.56. The highest BCUT2D eigenvalue weighted by Crippen LogP contribution is 2.27. The molecule has 0 unspecified atom stereocenters. The quantitative estimate of drug-likeness (QED) is 0.638. The Labute approximate surface area is 67.6 Å². The topological polar surface area (TPSA) is 30.0 Å². The molecule has 2 nitrogen and oxygen atoms in total. The van der Waals surface area contributed by atoms with E-state index in [9.17, 15) is 17.7 Å². The zero-order valence-electron chi connectivity index (χ0n) is 5.67. The summed E-state index contributed by atoms with van der Waals surface area (Å²) in [4.78, 5) is 3.09. The molecule has 0 fully saturated rings. The van der Waals surface area contributed by atoms with Crippen LogP contribution in [0.15, 0.2) is 18.3 Å². The summed E-state index contributed by atoms with van der Waals surface area (Å²) in [5.41, 5.74) is -1.10. The van der Waals surface area contributed by atoms with Gasteiger partial charge >= 0.3 is 6.18 Å². The average Bonchev–Trinajstić information content (AvgIpc) is 2.03. The number of pyridine rings is 1. The maximum absolute atomic E-state index is 12.0. The van der Waals surface area contributed by atoms with Crippen LogP contribution in [0.3, 0.4) is 0 Å². The van der Waals surface area contributed by atoms with Crippen molar-refractivity contribution >= 4 is 13.8 Å². The Balaban J connectivity index is 3.23. The Morgan fingerprint density at radius 3 is 2.50 bits per heavy atom. The van der Waals surface area contributed by atoms with Gasteiger partial charge in [-0.3, -0.25) is 9.55 Å². The van der Waals surface area contributed by atoms with Gasteiger partial charge in [0.05, 0.1) is 5.30 Å². The second kappa shape index (κ2) is 3.19. The van der Waals surface area contributed by atoms with E-state index in [2.05, 4.69) is 4.98 Å². The normalized spacial score (nSPS) is 11.9. The number of aromatic nitrogens is 1. The minimum absolute atomic E-state index is 0.343. The van der Waals surface area contributed by atoms with Crippen LogP contribution < -0.4 is 5.30 Å². The highest BCUT2D eigenvalue weighted by atomic mass is 31.1. The van der Waals surface area contributed by atoms with Crippen molar-refractivity contribution < 1.29 is 17.7 Å². The van der Waals surface area contributed by atoms with Crippen molar-refractivity contribution in [1.82, 2.24) is 4.98 Å². The molecule has 6 heteroatoms. The van der Waals surface area contributed by atoms with E-state index in [4.69, 9.17) is 0 Å². The smallest absolute Gasteiger partial charge is 0.269 e. The molecular weight excluding hydrogens is 190 g/mol. The minimum Gasteiger partial charge on any atom is -0.269 e. The average molecular weight is 193 g/mol. The van der Waals surface area contributed by atoms with Gasteiger partial charge in [0.2, 0.25) is 0 Å². The maximum atomic E-state index is 12.0. The van der Waals surface area contributed by atoms with Crippen molar-refractivity contribution in [2.75, 3.05) is 0 Å². The summed E-state index contributed by atoms with van der Waals surface area (Å²) in [6.07, 6.45) is -3.52. The molecule has 0 atom stereocenters. The fraction of sp³-hybridized carbons (Fsp3) is 0.167. The van der Waals surface area contributed by atoms with E-state index in [1.165, 1.54) is 6.07 Å². The lowest BCUT2D eigenvalue weighted by atomic mass is 10.3. The molecule has 0 aliphatic heterocycles. The second-order valence-electron chi connectivity index (χ2n) is 1.96. The van der Waals surface area contributed by atoms with Crippen molar-refractivity contribution in [2.45, 2.75) is 6.18 Å². The molecule has 0 saturated carbocycles. The number of rotatable bonds is 1. The molecule has 0 N–H and O–H groups in total. The first-order valence-corrected chi connectivity index (χ1v) is 3.72. The van der Waals surface area contributed by atoms with E-state index in [1.54, 1.807) is 0 Å². The first kappa shape index (κ1) is 9.13. The van der Waals surface area contributed by atoms with Crippen molar-refractivity contribution in [2.24, 2.45) is 0 Å². The Bertz CT molecular complexity index is 299. The van der Waals surface area contributed by atoms with Gasteiger partial charge in [0.25, 0.3) is 0 Å². The van der Waals surface area contributed by atoms with Crippen molar-refractivity contribution in [3.63, 3.8) is 0 Å². The van der Waals surface area contributed by atoms with Gasteiger partial charge in [-0.05, 0) is 12.1 Å². The van der Waals surface area contributed by atoms with Gasteiger partial charge in [-0.1, -0.05) is 0 Å². The molecule has 0 radical (unpaired) electrons. The highest BCUT2D eigenvalue weighted by molar-refractivity contribution is 7.34. The van der Waals surface area contributed by atoms with E-state index in [0.29, 0.717) is 0 Å². The van der Waals surface area contributed by atoms with Gasteiger partial charge in [0.15, 0.2) is 14.2 Å². The van der Waals surface area contributed by atoms with Gasteiger partial charge in [-0.15, -0.1) is 0 Å². The largest absolute Gasteiger partial charge is 0.434 e. The van der Waals surface area contributed by atoms with Gasteiger partial charge in [-0.2, -0.15) is 13.2 Å². The van der Waals surface area contributed by atoms with Gasteiger partial charge in [0.1, 0.15) is 0 Å². The molecule has 0 aliphatic rings. The van der Waals surface area contributed by atoms with Crippen LogP contribution in [0.1, 0.15) is 5.69 Å². The lowest BCUT2D eigenvalue weighted by molar-refractivity contribution is -0.140. The van der Waals surface area contributed by atoms with Crippen LogP contribution in [0.2, 0.25) is 0 Å². The number of alkyl halides is 3. The second-order valence-corrected chi connectivity index (χ2v) is 2.62. The summed E-state index contributed by atoms with van der Waals surface area (Å²) >= 11 is 0. The van der Waals surface area contributed by atoms with Crippen molar-refractivity contribution in [1.29, 1.82) is 0 Å². The standard InChI is InChI=1S/C6H3F3NOP/c7-6(8,9)5-4(12-11)2-1-3-10-5/h1-3H. The molecule has 12 heavy (non-hydrogen) atoms. The number of halogens is 3. The van der Waals surface area contributed by atoms with E-state index in [-0.39, 0.29) is 5.30 Å². The molecule has 0 amide bonds. The Morgan fingerprint density at radius 1 is 1.42 bits per heavy atom. The minimum atomic E-state index is -4.53. The first-order chi connectivity index (χ1) is 5.55. The van der Waals surface area contributed by atoms with E-state index in [0.717, 1.165) is 12.3 Å². The van der Waals surface area contributed by atoms with E-state index >= 15 is 0 Å². The summed E-state index contributed by atoms with van der Waals surface area (Å²) in [5.74, 6) is 0. The van der Waals surface area contributed by atoms with Crippen LogP contribution in [-0.4, -0.2) is 4.98 Å². The van der Waals surface area contributed by atoms with Crippen molar-refractivity contribution in [3.05, 3.63) is 24.0 Å². The molecule has 1 rings (SSSR count). The molecule has 1 aromatic heterocycles. The van der Waals surface area contributed by atoms with Crippen LogP contribution in [0, 0.1) is 0 Å². The van der Waals surface area contributed by atoms with Crippen LogP contribution in [0.4, 0.5) is 13.2 Å². The predicted molar refractivity (Wildman–Crippen MR) is 36.5 cm³/mol. The SMILES string of the molecule is O=Pc1cccnc1C(F)(F)F. The highest BCUT2D eigenvalue weighted by Gasteiger charge is 2.35. The zero-order chi connectivity index (χ0) is 9.19. The molecule has 0 spiro atoms. The van der Waals surface area contributed by atoms with E-state index in [1.807, 2.05) is 0 Å². The third kappa shape index (κ3) is 1.80. The molecule has 0 aromatic carbocycles. The summed E-state index contributed by atoms with van der Waals surface area (Å²) in [6, 6.07) is 2.42. The van der Waals surface area contributed by atoms with E-state index < -0.39 is 20.3 Å². The molecule has 1 aromatic rings. The molecule has 0 saturated heterocycles. The maximum Gasteiger partial charge on any atom is 0.434 e. The molecule has 0 aliphatic carbocycles. The predicted octanol–water partition coefficient (Wildman–Crippen LogP) is 2.02. The number of hydrogen-bond acceptors (Lipinski definition) is 2.